The predicted molar refractivity (Wildman–Crippen MR) is 124 cm³/mol. The standard InChI is InChI=1S/C25H20F4N6O2/c1-13(26)24(36)34-11-16(12-34)35-21-17(20(32-35)15-8-9-19(30-10-15)25(27,28)29)6-3-7-18(21)23-31-22(33-37-23)14-4-2-5-14/h3,6-10,14,16H,1-2,4-5,11-12H2. The van der Waals surface area contributed by atoms with Crippen LogP contribution in [0.4, 0.5) is 17.6 Å². The van der Waals surface area contributed by atoms with E-state index in [9.17, 15) is 22.4 Å². The number of hydrogen-bond acceptors (Lipinski definition) is 6. The summed E-state index contributed by atoms with van der Waals surface area (Å²) >= 11 is 0. The lowest BCUT2D eigenvalue weighted by Gasteiger charge is -2.39. The number of pyridine rings is 1. The van der Waals surface area contributed by atoms with Crippen LogP contribution in [0.25, 0.3) is 33.6 Å². The van der Waals surface area contributed by atoms with Gasteiger partial charge in [0.05, 0.1) is 17.1 Å². The molecule has 2 fully saturated rings. The smallest absolute Gasteiger partial charge is 0.334 e. The minimum Gasteiger partial charge on any atom is -0.334 e. The molecule has 0 N–H and O–H groups in total. The van der Waals surface area contributed by atoms with Gasteiger partial charge in [-0.15, -0.1) is 0 Å². The molecule has 1 saturated heterocycles. The van der Waals surface area contributed by atoms with Gasteiger partial charge in [0.15, 0.2) is 11.7 Å². The second-order valence-corrected chi connectivity index (χ2v) is 9.28. The molecule has 190 valence electrons. The maximum atomic E-state index is 13.4. The first-order valence-electron chi connectivity index (χ1n) is 11.7. The Morgan fingerprint density at radius 2 is 1.92 bits per heavy atom. The van der Waals surface area contributed by atoms with Crippen molar-refractivity contribution >= 4 is 16.8 Å². The number of rotatable bonds is 5. The van der Waals surface area contributed by atoms with Crippen molar-refractivity contribution < 1.29 is 26.9 Å². The molecule has 0 atom stereocenters. The third kappa shape index (κ3) is 3.96. The van der Waals surface area contributed by atoms with Crippen LogP contribution in [0.5, 0.6) is 0 Å². The Bertz CT molecular complexity index is 1510. The molecule has 1 saturated carbocycles. The Labute approximate surface area is 207 Å². The summed E-state index contributed by atoms with van der Waals surface area (Å²) in [5, 5.41) is 9.51. The van der Waals surface area contributed by atoms with Crippen LogP contribution in [-0.2, 0) is 11.0 Å². The molecule has 12 heteroatoms. The van der Waals surface area contributed by atoms with Crippen molar-refractivity contribution in [3.8, 4) is 22.7 Å². The van der Waals surface area contributed by atoms with E-state index in [2.05, 4.69) is 21.7 Å². The quantitative estimate of drug-likeness (QED) is 0.266. The molecule has 1 amide bonds. The number of aromatic nitrogens is 5. The molecule has 3 aromatic heterocycles. The van der Waals surface area contributed by atoms with Crippen LogP contribution in [0.2, 0.25) is 0 Å². The van der Waals surface area contributed by atoms with Crippen LogP contribution in [0.3, 0.4) is 0 Å². The Morgan fingerprint density at radius 1 is 1.14 bits per heavy atom. The average molecular weight is 512 g/mol. The molecule has 1 aliphatic carbocycles. The largest absolute Gasteiger partial charge is 0.433 e. The van der Waals surface area contributed by atoms with Crippen molar-refractivity contribution in [3.05, 3.63) is 60.5 Å². The van der Waals surface area contributed by atoms with E-state index < -0.39 is 23.6 Å². The summed E-state index contributed by atoms with van der Waals surface area (Å²) < 4.78 is 59.8. The summed E-state index contributed by atoms with van der Waals surface area (Å²) in [5.41, 5.74) is 1.02. The van der Waals surface area contributed by atoms with Gasteiger partial charge >= 0.3 is 6.18 Å². The van der Waals surface area contributed by atoms with Gasteiger partial charge in [-0.05, 0) is 31.0 Å². The number of carbonyl (C=O) groups excluding carboxylic acids is 1. The van der Waals surface area contributed by atoms with Gasteiger partial charge < -0.3 is 9.42 Å². The summed E-state index contributed by atoms with van der Waals surface area (Å²) in [6.45, 7) is 3.44. The number of benzene rings is 1. The van der Waals surface area contributed by atoms with Gasteiger partial charge in [0.2, 0.25) is 0 Å². The maximum absolute atomic E-state index is 13.4. The van der Waals surface area contributed by atoms with Crippen LogP contribution >= 0.6 is 0 Å². The number of likely N-dealkylation sites (tertiary alicyclic amines) is 1. The molecule has 4 heterocycles. The Morgan fingerprint density at radius 3 is 2.54 bits per heavy atom. The molecular weight excluding hydrogens is 492 g/mol. The van der Waals surface area contributed by atoms with Gasteiger partial charge in [-0.1, -0.05) is 30.3 Å². The van der Waals surface area contributed by atoms with E-state index in [4.69, 9.17) is 9.62 Å². The van der Waals surface area contributed by atoms with Gasteiger partial charge in [0, 0.05) is 36.2 Å². The number of carbonyl (C=O) groups is 1. The third-order valence-electron chi connectivity index (χ3n) is 6.93. The lowest BCUT2D eigenvalue weighted by atomic mass is 9.85. The highest BCUT2D eigenvalue weighted by Crippen LogP contribution is 2.40. The molecule has 37 heavy (non-hydrogen) atoms. The summed E-state index contributed by atoms with van der Waals surface area (Å²) in [7, 11) is 0. The summed E-state index contributed by atoms with van der Waals surface area (Å²) in [6.07, 6.45) is -0.322. The maximum Gasteiger partial charge on any atom is 0.433 e. The first-order chi connectivity index (χ1) is 17.7. The van der Waals surface area contributed by atoms with Gasteiger partial charge in [-0.25, -0.2) is 4.39 Å². The third-order valence-corrected chi connectivity index (χ3v) is 6.93. The molecule has 2 aliphatic rings. The van der Waals surface area contributed by atoms with Gasteiger partial charge in [-0.3, -0.25) is 14.5 Å². The van der Waals surface area contributed by atoms with Crippen molar-refractivity contribution in [2.45, 2.75) is 37.4 Å². The van der Waals surface area contributed by atoms with E-state index in [0.29, 0.717) is 39.4 Å². The molecule has 8 nitrogen and oxygen atoms in total. The van der Waals surface area contributed by atoms with Gasteiger partial charge in [0.1, 0.15) is 11.4 Å². The molecule has 0 bridgehead atoms. The first kappa shape index (κ1) is 23.3. The Balaban J connectivity index is 1.45. The van der Waals surface area contributed by atoms with E-state index >= 15 is 0 Å². The number of halogens is 4. The number of amides is 1. The van der Waals surface area contributed by atoms with Crippen molar-refractivity contribution in [2.24, 2.45) is 0 Å². The monoisotopic (exact) mass is 512 g/mol. The van der Waals surface area contributed by atoms with E-state index in [-0.39, 0.29) is 25.0 Å². The number of fused-ring (bicyclic) bond motifs is 1. The highest BCUT2D eigenvalue weighted by molar-refractivity contribution is 6.00. The average Bonchev–Trinajstić information content (AvgIpc) is 3.42. The zero-order valence-corrected chi connectivity index (χ0v) is 19.4. The lowest BCUT2D eigenvalue weighted by Crippen LogP contribution is -2.51. The number of para-hydroxylation sites is 1. The fourth-order valence-electron chi connectivity index (χ4n) is 4.67. The summed E-state index contributed by atoms with van der Waals surface area (Å²) in [5.74, 6) is -0.638. The zero-order chi connectivity index (χ0) is 25.9. The second kappa shape index (κ2) is 8.49. The SMILES string of the molecule is C=C(F)C(=O)N1CC(n2nc(-c3ccc(C(F)(F)F)nc3)c3cccc(-c4nc(C5CCC5)no4)c32)C1. The van der Waals surface area contributed by atoms with Crippen LogP contribution in [-0.4, -0.2) is 48.8 Å². The van der Waals surface area contributed by atoms with Gasteiger partial charge in [0.25, 0.3) is 11.8 Å². The van der Waals surface area contributed by atoms with E-state index in [1.54, 1.807) is 22.9 Å². The van der Waals surface area contributed by atoms with Gasteiger partial charge in [-0.2, -0.15) is 23.3 Å². The molecule has 6 rings (SSSR count). The normalized spacial score (nSPS) is 16.6. The van der Waals surface area contributed by atoms with Crippen LogP contribution in [0, 0.1) is 0 Å². The zero-order valence-electron chi connectivity index (χ0n) is 19.4. The van der Waals surface area contributed by atoms with E-state index in [1.807, 2.05) is 0 Å². The topological polar surface area (TPSA) is 89.9 Å². The summed E-state index contributed by atoms with van der Waals surface area (Å²) in [4.78, 5) is 21.5. The molecular formula is C25H20F4N6O2. The minimum atomic E-state index is -4.56. The predicted octanol–water partition coefficient (Wildman–Crippen LogP) is 5.30. The fraction of sp³-hybridized carbons (Fsp3) is 0.320. The molecule has 0 spiro atoms. The van der Waals surface area contributed by atoms with E-state index in [0.717, 1.165) is 31.5 Å². The highest BCUT2D eigenvalue weighted by Gasteiger charge is 2.37. The van der Waals surface area contributed by atoms with Crippen molar-refractivity contribution in [2.75, 3.05) is 13.1 Å². The fourth-order valence-corrected chi connectivity index (χ4v) is 4.67. The van der Waals surface area contributed by atoms with Crippen LogP contribution in [0.15, 0.2) is 53.5 Å². The minimum absolute atomic E-state index is 0.189. The second-order valence-electron chi connectivity index (χ2n) is 9.28. The summed E-state index contributed by atoms with van der Waals surface area (Å²) in [6, 6.07) is 7.30. The van der Waals surface area contributed by atoms with Crippen LogP contribution in [0.1, 0.15) is 42.7 Å². The highest BCUT2D eigenvalue weighted by atomic mass is 19.4. The molecule has 0 unspecified atom stereocenters. The molecule has 1 aliphatic heterocycles. The van der Waals surface area contributed by atoms with Crippen molar-refractivity contribution in [1.29, 1.82) is 0 Å². The number of nitrogens with zero attached hydrogens (tertiary/aromatic N) is 6. The Hall–Kier alpha value is -4.09. The van der Waals surface area contributed by atoms with E-state index in [1.165, 1.54) is 11.0 Å². The first-order valence-corrected chi connectivity index (χ1v) is 11.7. The van der Waals surface area contributed by atoms with Crippen molar-refractivity contribution in [1.82, 2.24) is 29.8 Å². The van der Waals surface area contributed by atoms with Crippen molar-refractivity contribution in [3.63, 3.8) is 0 Å². The number of hydrogen-bond donors (Lipinski definition) is 0. The van der Waals surface area contributed by atoms with Crippen LogP contribution < -0.4 is 0 Å². The number of alkyl halides is 3. The molecule has 1 aromatic carbocycles. The Kier molecular flexibility index (Phi) is 5.35. The molecule has 0 radical (unpaired) electrons. The lowest BCUT2D eigenvalue weighted by molar-refractivity contribution is -0.141. The molecule has 4 aromatic rings.